The summed E-state index contributed by atoms with van der Waals surface area (Å²) < 4.78 is 5.44. The maximum Gasteiger partial charge on any atom is 0.164 e. The van der Waals surface area contributed by atoms with Gasteiger partial charge in [0.2, 0.25) is 0 Å². The van der Waals surface area contributed by atoms with Crippen LogP contribution in [0, 0.1) is 5.92 Å². The Morgan fingerprint density at radius 3 is 1.87 bits per heavy atom. The highest BCUT2D eigenvalue weighted by molar-refractivity contribution is 5.87. The summed E-state index contributed by atoms with van der Waals surface area (Å²) in [4.78, 5) is 12.2. The van der Waals surface area contributed by atoms with E-state index in [-0.39, 0.29) is 5.78 Å². The minimum absolute atomic E-state index is 0.281. The largest absolute Gasteiger partial charge is 0.370 e. The van der Waals surface area contributed by atoms with Crippen LogP contribution in [0.5, 0.6) is 0 Å². The second-order valence-electron chi connectivity index (χ2n) is 4.22. The summed E-state index contributed by atoms with van der Waals surface area (Å²) >= 11 is 0. The van der Waals surface area contributed by atoms with Crippen molar-refractivity contribution in [3.05, 3.63) is 0 Å². The van der Waals surface area contributed by atoms with Gasteiger partial charge in [0.25, 0.3) is 0 Å². The van der Waals surface area contributed by atoms with E-state index in [1.54, 1.807) is 7.11 Å². The third kappa shape index (κ3) is 3.60. The first-order valence-corrected chi connectivity index (χ1v) is 6.18. The number of ether oxygens (including phenoxy) is 1. The van der Waals surface area contributed by atoms with Gasteiger partial charge in [-0.15, -0.1) is 0 Å². The minimum Gasteiger partial charge on any atom is -0.370 e. The van der Waals surface area contributed by atoms with Crippen molar-refractivity contribution in [2.75, 3.05) is 7.11 Å². The molecule has 15 heavy (non-hydrogen) atoms. The van der Waals surface area contributed by atoms with E-state index in [4.69, 9.17) is 4.74 Å². The zero-order valence-corrected chi connectivity index (χ0v) is 10.9. The van der Waals surface area contributed by atoms with E-state index in [1.807, 2.05) is 13.8 Å². The lowest BCUT2D eigenvalue weighted by molar-refractivity contribution is -0.143. The van der Waals surface area contributed by atoms with Gasteiger partial charge < -0.3 is 4.74 Å². The molecule has 0 heterocycles. The summed E-state index contributed by atoms with van der Waals surface area (Å²) in [7, 11) is 1.65. The molecule has 0 fully saturated rings. The Kier molecular flexibility index (Phi) is 6.82. The number of Topliss-reactive ketones (excluding diaryl/α,β-unsaturated/α-hetero) is 1. The predicted octanol–water partition coefficient (Wildman–Crippen LogP) is 3.59. The van der Waals surface area contributed by atoms with Crippen molar-refractivity contribution >= 4 is 5.78 Å². The van der Waals surface area contributed by atoms with E-state index in [1.165, 1.54) is 0 Å². The fraction of sp³-hybridized carbons (Fsp3) is 0.923. The average Bonchev–Trinajstić information content (AvgIpc) is 2.29. The number of ketones is 1. The first-order chi connectivity index (χ1) is 7.10. The standard InChI is InChI=1S/C13H26O2/c1-6-11(7-2)10-12(14)13(8-3,9-4)15-5/h11H,6-10H2,1-5H3. The third-order valence-corrected chi connectivity index (χ3v) is 3.67. The summed E-state index contributed by atoms with van der Waals surface area (Å²) in [5.41, 5.74) is -0.525. The smallest absolute Gasteiger partial charge is 0.164 e. The van der Waals surface area contributed by atoms with Gasteiger partial charge in [-0.2, -0.15) is 0 Å². The van der Waals surface area contributed by atoms with Crippen molar-refractivity contribution in [1.82, 2.24) is 0 Å². The van der Waals surface area contributed by atoms with E-state index in [0.29, 0.717) is 12.3 Å². The monoisotopic (exact) mass is 214 g/mol. The van der Waals surface area contributed by atoms with Gasteiger partial charge >= 0.3 is 0 Å². The number of hydrogen-bond donors (Lipinski definition) is 0. The summed E-state index contributed by atoms with van der Waals surface area (Å²) in [6.07, 6.45) is 4.38. The molecule has 0 aliphatic carbocycles. The van der Waals surface area contributed by atoms with Gasteiger partial charge in [0.05, 0.1) is 0 Å². The average molecular weight is 214 g/mol. The number of carbonyl (C=O) groups excluding carboxylic acids is 1. The fourth-order valence-electron chi connectivity index (χ4n) is 2.07. The lowest BCUT2D eigenvalue weighted by atomic mass is 9.85. The van der Waals surface area contributed by atoms with Gasteiger partial charge in [-0.1, -0.05) is 40.5 Å². The van der Waals surface area contributed by atoms with Crippen LogP contribution < -0.4 is 0 Å². The van der Waals surface area contributed by atoms with Crippen LogP contribution in [-0.4, -0.2) is 18.5 Å². The van der Waals surface area contributed by atoms with Gasteiger partial charge in [0.15, 0.2) is 5.78 Å². The molecule has 0 amide bonds. The molecule has 0 aromatic carbocycles. The summed E-state index contributed by atoms with van der Waals surface area (Å²) in [6, 6.07) is 0. The Morgan fingerprint density at radius 2 is 1.60 bits per heavy atom. The molecule has 0 saturated carbocycles. The van der Waals surface area contributed by atoms with Gasteiger partial charge in [0.1, 0.15) is 5.60 Å². The third-order valence-electron chi connectivity index (χ3n) is 3.67. The van der Waals surface area contributed by atoms with Crippen molar-refractivity contribution in [1.29, 1.82) is 0 Å². The normalized spacial score (nSPS) is 12.1. The highest BCUT2D eigenvalue weighted by atomic mass is 16.5. The zero-order chi connectivity index (χ0) is 11.9. The Balaban J connectivity index is 4.51. The molecule has 0 saturated heterocycles. The second-order valence-corrected chi connectivity index (χ2v) is 4.22. The topological polar surface area (TPSA) is 26.3 Å². The molecular formula is C13H26O2. The summed E-state index contributed by atoms with van der Waals surface area (Å²) in [6.45, 7) is 8.34. The molecule has 2 heteroatoms. The molecule has 0 N–H and O–H groups in total. The predicted molar refractivity (Wildman–Crippen MR) is 64.0 cm³/mol. The van der Waals surface area contributed by atoms with Crippen LogP contribution in [0.2, 0.25) is 0 Å². The molecule has 0 rings (SSSR count). The lowest BCUT2D eigenvalue weighted by Gasteiger charge is -2.29. The number of hydrogen-bond acceptors (Lipinski definition) is 2. The van der Waals surface area contributed by atoms with Gasteiger partial charge in [-0.25, -0.2) is 0 Å². The number of methoxy groups -OCH3 is 1. The van der Waals surface area contributed by atoms with E-state index in [0.717, 1.165) is 25.7 Å². The SMILES string of the molecule is CCC(CC)CC(=O)C(CC)(CC)OC. The summed E-state index contributed by atoms with van der Waals surface area (Å²) in [5, 5.41) is 0. The van der Waals surface area contributed by atoms with Crippen LogP contribution in [0.15, 0.2) is 0 Å². The van der Waals surface area contributed by atoms with Crippen molar-refractivity contribution in [3.63, 3.8) is 0 Å². The number of rotatable bonds is 8. The molecular weight excluding hydrogens is 188 g/mol. The van der Waals surface area contributed by atoms with Crippen LogP contribution in [0.3, 0.4) is 0 Å². The quantitative estimate of drug-likeness (QED) is 0.617. The van der Waals surface area contributed by atoms with E-state index in [2.05, 4.69) is 13.8 Å². The number of carbonyl (C=O) groups is 1. The Bertz CT molecular complexity index is 171. The van der Waals surface area contributed by atoms with Crippen molar-refractivity contribution < 1.29 is 9.53 Å². The molecule has 0 atom stereocenters. The van der Waals surface area contributed by atoms with E-state index < -0.39 is 5.60 Å². The molecule has 2 nitrogen and oxygen atoms in total. The van der Waals surface area contributed by atoms with E-state index >= 15 is 0 Å². The Labute approximate surface area is 94.4 Å². The lowest BCUT2D eigenvalue weighted by Crippen LogP contribution is -2.40. The first-order valence-electron chi connectivity index (χ1n) is 6.18. The van der Waals surface area contributed by atoms with Crippen molar-refractivity contribution in [3.8, 4) is 0 Å². The Morgan fingerprint density at radius 1 is 1.13 bits per heavy atom. The van der Waals surface area contributed by atoms with Crippen molar-refractivity contribution in [2.45, 2.75) is 65.4 Å². The molecule has 0 unspecified atom stereocenters. The Hall–Kier alpha value is -0.370. The molecule has 0 spiro atoms. The second kappa shape index (κ2) is 7.00. The molecule has 0 aromatic rings. The van der Waals surface area contributed by atoms with Crippen LogP contribution in [0.25, 0.3) is 0 Å². The highest BCUT2D eigenvalue weighted by Gasteiger charge is 2.34. The molecule has 0 aliphatic heterocycles. The van der Waals surface area contributed by atoms with Gasteiger partial charge in [0, 0.05) is 13.5 Å². The van der Waals surface area contributed by atoms with Crippen LogP contribution in [0.1, 0.15) is 59.8 Å². The molecule has 0 radical (unpaired) electrons. The molecule has 0 aliphatic rings. The van der Waals surface area contributed by atoms with Crippen LogP contribution in [-0.2, 0) is 9.53 Å². The van der Waals surface area contributed by atoms with Crippen LogP contribution in [0.4, 0.5) is 0 Å². The maximum absolute atomic E-state index is 12.2. The maximum atomic E-state index is 12.2. The van der Waals surface area contributed by atoms with Gasteiger partial charge in [-0.05, 0) is 18.8 Å². The van der Waals surface area contributed by atoms with Crippen molar-refractivity contribution in [2.24, 2.45) is 5.92 Å². The molecule has 90 valence electrons. The van der Waals surface area contributed by atoms with Crippen LogP contribution >= 0.6 is 0 Å². The minimum atomic E-state index is -0.525. The summed E-state index contributed by atoms with van der Waals surface area (Å²) in [5.74, 6) is 0.800. The van der Waals surface area contributed by atoms with E-state index in [9.17, 15) is 4.79 Å². The highest BCUT2D eigenvalue weighted by Crippen LogP contribution is 2.26. The molecule has 0 bridgehead atoms. The van der Waals surface area contributed by atoms with Gasteiger partial charge in [-0.3, -0.25) is 4.79 Å². The fourth-order valence-corrected chi connectivity index (χ4v) is 2.07. The first kappa shape index (κ1) is 14.6. The molecule has 0 aromatic heterocycles. The zero-order valence-electron chi connectivity index (χ0n) is 10.9.